The number of hydrogen-bond donors (Lipinski definition) is 2. The molecule has 3 heteroatoms. The highest BCUT2D eigenvalue weighted by molar-refractivity contribution is 5.78. The number of rotatable bonds is 4. The molecule has 0 radical (unpaired) electrons. The Kier molecular flexibility index (Phi) is 5.44. The molecule has 0 aromatic rings. The first-order valence-electron chi connectivity index (χ1n) is 6.97. The maximum Gasteiger partial charge on any atom is 0.234 e. The summed E-state index contributed by atoms with van der Waals surface area (Å²) in [5.74, 6) is 0.826. The Balaban J connectivity index is 2.33. The lowest BCUT2D eigenvalue weighted by Crippen LogP contribution is -2.48. The van der Waals surface area contributed by atoms with Crippen LogP contribution >= 0.6 is 0 Å². The van der Waals surface area contributed by atoms with Crippen LogP contribution in [0.15, 0.2) is 0 Å². The van der Waals surface area contributed by atoms with Crippen molar-refractivity contribution >= 4 is 5.91 Å². The second-order valence-corrected chi connectivity index (χ2v) is 6.23. The molecule has 3 nitrogen and oxygen atoms in total. The molecule has 0 aliphatic heterocycles. The SMILES string of the molecule is CCC1CCCCC1NC(=O)CNC(C)(C)C. The van der Waals surface area contributed by atoms with Crippen molar-refractivity contribution in [3.05, 3.63) is 0 Å². The minimum atomic E-state index is 0.00800. The van der Waals surface area contributed by atoms with E-state index in [0.29, 0.717) is 18.5 Å². The van der Waals surface area contributed by atoms with Crippen molar-refractivity contribution in [1.82, 2.24) is 10.6 Å². The molecule has 0 aromatic carbocycles. The Morgan fingerprint density at radius 3 is 2.47 bits per heavy atom. The van der Waals surface area contributed by atoms with Crippen molar-refractivity contribution in [1.29, 1.82) is 0 Å². The summed E-state index contributed by atoms with van der Waals surface area (Å²) in [5, 5.41) is 6.42. The van der Waals surface area contributed by atoms with E-state index < -0.39 is 0 Å². The van der Waals surface area contributed by atoms with E-state index in [-0.39, 0.29) is 11.4 Å². The van der Waals surface area contributed by atoms with E-state index in [0.717, 1.165) is 6.42 Å². The molecule has 0 aromatic heterocycles. The van der Waals surface area contributed by atoms with Crippen molar-refractivity contribution in [2.75, 3.05) is 6.54 Å². The second-order valence-electron chi connectivity index (χ2n) is 6.23. The molecular formula is C14H28N2O. The van der Waals surface area contributed by atoms with Gasteiger partial charge in [0, 0.05) is 11.6 Å². The van der Waals surface area contributed by atoms with E-state index >= 15 is 0 Å². The van der Waals surface area contributed by atoms with Gasteiger partial charge in [-0.3, -0.25) is 4.79 Å². The van der Waals surface area contributed by atoms with E-state index in [1.54, 1.807) is 0 Å². The minimum absolute atomic E-state index is 0.00800. The summed E-state index contributed by atoms with van der Waals surface area (Å²) in [6.45, 7) is 8.89. The van der Waals surface area contributed by atoms with Crippen LogP contribution in [0.2, 0.25) is 0 Å². The zero-order chi connectivity index (χ0) is 12.9. The molecule has 1 saturated carbocycles. The summed E-state index contributed by atoms with van der Waals surface area (Å²) in [4.78, 5) is 11.8. The van der Waals surface area contributed by atoms with Crippen molar-refractivity contribution < 1.29 is 4.79 Å². The molecule has 2 unspecified atom stereocenters. The Hall–Kier alpha value is -0.570. The average molecular weight is 240 g/mol. The number of nitrogens with one attached hydrogen (secondary N) is 2. The Morgan fingerprint density at radius 2 is 1.88 bits per heavy atom. The molecule has 100 valence electrons. The van der Waals surface area contributed by atoms with Gasteiger partial charge in [-0.15, -0.1) is 0 Å². The average Bonchev–Trinajstić information content (AvgIpc) is 2.26. The Morgan fingerprint density at radius 1 is 1.24 bits per heavy atom. The number of carbonyl (C=O) groups is 1. The van der Waals surface area contributed by atoms with Gasteiger partial charge in [0.25, 0.3) is 0 Å². The molecule has 0 saturated heterocycles. The van der Waals surface area contributed by atoms with E-state index in [4.69, 9.17) is 0 Å². The summed E-state index contributed by atoms with van der Waals surface area (Å²) in [6.07, 6.45) is 6.19. The summed E-state index contributed by atoms with van der Waals surface area (Å²) in [6, 6.07) is 0.406. The van der Waals surface area contributed by atoms with Crippen LogP contribution in [0.5, 0.6) is 0 Å². The fraction of sp³-hybridized carbons (Fsp3) is 0.929. The predicted octanol–water partition coefficient (Wildman–Crippen LogP) is 2.46. The molecule has 1 rings (SSSR count). The third kappa shape index (κ3) is 5.53. The Bertz CT molecular complexity index is 245. The number of amides is 1. The van der Waals surface area contributed by atoms with Crippen LogP contribution in [-0.4, -0.2) is 24.0 Å². The molecule has 0 spiro atoms. The Labute approximate surface area is 106 Å². The smallest absolute Gasteiger partial charge is 0.234 e. The lowest BCUT2D eigenvalue weighted by molar-refractivity contribution is -0.121. The van der Waals surface area contributed by atoms with Gasteiger partial charge in [-0.1, -0.05) is 26.2 Å². The van der Waals surface area contributed by atoms with Gasteiger partial charge in [0.15, 0.2) is 0 Å². The van der Waals surface area contributed by atoms with Crippen molar-refractivity contribution in [3.63, 3.8) is 0 Å². The molecule has 1 aliphatic rings. The van der Waals surface area contributed by atoms with Gasteiger partial charge >= 0.3 is 0 Å². The lowest BCUT2D eigenvalue weighted by Gasteiger charge is -2.32. The quantitative estimate of drug-likeness (QED) is 0.792. The van der Waals surface area contributed by atoms with Gasteiger partial charge in [0.1, 0.15) is 0 Å². The second kappa shape index (κ2) is 6.39. The topological polar surface area (TPSA) is 41.1 Å². The predicted molar refractivity (Wildman–Crippen MR) is 71.9 cm³/mol. The van der Waals surface area contributed by atoms with Gasteiger partial charge in [-0.2, -0.15) is 0 Å². The van der Waals surface area contributed by atoms with Crippen molar-refractivity contribution in [2.45, 2.75) is 71.4 Å². The van der Waals surface area contributed by atoms with E-state index in [1.165, 1.54) is 25.7 Å². The molecule has 2 N–H and O–H groups in total. The molecule has 0 bridgehead atoms. The molecule has 1 fully saturated rings. The first-order valence-corrected chi connectivity index (χ1v) is 6.97. The highest BCUT2D eigenvalue weighted by Gasteiger charge is 2.25. The van der Waals surface area contributed by atoms with Crippen LogP contribution in [0.25, 0.3) is 0 Å². The highest BCUT2D eigenvalue weighted by Crippen LogP contribution is 2.26. The minimum Gasteiger partial charge on any atom is -0.352 e. The summed E-state index contributed by atoms with van der Waals surface area (Å²) in [7, 11) is 0. The van der Waals surface area contributed by atoms with Crippen molar-refractivity contribution in [2.24, 2.45) is 5.92 Å². The zero-order valence-corrected chi connectivity index (χ0v) is 11.8. The zero-order valence-electron chi connectivity index (χ0n) is 11.8. The maximum absolute atomic E-state index is 11.8. The molecule has 2 atom stereocenters. The summed E-state index contributed by atoms with van der Waals surface area (Å²) >= 11 is 0. The first kappa shape index (κ1) is 14.5. The van der Waals surface area contributed by atoms with Crippen LogP contribution in [0.4, 0.5) is 0 Å². The van der Waals surface area contributed by atoms with Crippen LogP contribution in [0.3, 0.4) is 0 Å². The molecule has 1 aliphatic carbocycles. The van der Waals surface area contributed by atoms with Crippen LogP contribution in [0, 0.1) is 5.92 Å². The van der Waals surface area contributed by atoms with Gasteiger partial charge in [-0.25, -0.2) is 0 Å². The monoisotopic (exact) mass is 240 g/mol. The van der Waals surface area contributed by atoms with Gasteiger partial charge in [0.2, 0.25) is 5.91 Å². The molecule has 0 heterocycles. The largest absolute Gasteiger partial charge is 0.352 e. The third-order valence-electron chi connectivity index (χ3n) is 3.56. The first-order chi connectivity index (χ1) is 7.92. The van der Waals surface area contributed by atoms with E-state index in [9.17, 15) is 4.79 Å². The van der Waals surface area contributed by atoms with E-state index in [1.807, 2.05) is 0 Å². The number of carbonyl (C=O) groups excluding carboxylic acids is 1. The van der Waals surface area contributed by atoms with Crippen LogP contribution in [0.1, 0.15) is 59.8 Å². The summed E-state index contributed by atoms with van der Waals surface area (Å²) in [5.41, 5.74) is 0.00800. The fourth-order valence-corrected chi connectivity index (χ4v) is 2.49. The van der Waals surface area contributed by atoms with Gasteiger partial charge < -0.3 is 10.6 Å². The van der Waals surface area contributed by atoms with Crippen LogP contribution in [-0.2, 0) is 4.79 Å². The highest BCUT2D eigenvalue weighted by atomic mass is 16.2. The van der Waals surface area contributed by atoms with Crippen LogP contribution < -0.4 is 10.6 Å². The lowest BCUT2D eigenvalue weighted by atomic mass is 9.83. The normalized spacial score (nSPS) is 25.6. The van der Waals surface area contributed by atoms with Gasteiger partial charge in [-0.05, 0) is 39.5 Å². The molecule has 1 amide bonds. The van der Waals surface area contributed by atoms with Crippen molar-refractivity contribution in [3.8, 4) is 0 Å². The van der Waals surface area contributed by atoms with Gasteiger partial charge in [0.05, 0.1) is 6.54 Å². The van der Waals surface area contributed by atoms with E-state index in [2.05, 4.69) is 38.3 Å². The maximum atomic E-state index is 11.8. The fourth-order valence-electron chi connectivity index (χ4n) is 2.49. The number of hydrogen-bond acceptors (Lipinski definition) is 2. The summed E-state index contributed by atoms with van der Waals surface area (Å²) < 4.78 is 0. The third-order valence-corrected chi connectivity index (χ3v) is 3.56. The molecule has 17 heavy (non-hydrogen) atoms. The standard InChI is InChI=1S/C14H28N2O/c1-5-11-8-6-7-9-12(11)16-13(17)10-15-14(2,3)4/h11-12,15H,5-10H2,1-4H3,(H,16,17). The molecular weight excluding hydrogens is 212 g/mol.